The molecule has 2 amide bonds. The number of aromatic amines is 2. The average molecular weight is 756 g/mol. The molecule has 0 aliphatic heterocycles. The minimum Gasteiger partial charge on any atom is -0.383 e. The maximum absolute atomic E-state index is 15.7. The lowest BCUT2D eigenvalue weighted by molar-refractivity contribution is -0.150. The third-order valence-electron chi connectivity index (χ3n) is 10.7. The summed E-state index contributed by atoms with van der Waals surface area (Å²) in [6, 6.07) is 27.0. The van der Waals surface area contributed by atoms with Crippen molar-refractivity contribution in [3.8, 4) is 0 Å². The lowest BCUT2D eigenvalue weighted by Crippen LogP contribution is -2.58. The lowest BCUT2D eigenvalue weighted by Gasteiger charge is -2.42. The number of nitrogens with zero attached hydrogens (tertiary/aromatic N) is 3. The maximum Gasteiger partial charge on any atom is 0.240 e. The number of aliphatic hydroxyl groups excluding tert-OH is 1. The van der Waals surface area contributed by atoms with Gasteiger partial charge in [0.15, 0.2) is 0 Å². The number of imidazole rings is 2. The van der Waals surface area contributed by atoms with E-state index in [0.29, 0.717) is 30.8 Å². The van der Waals surface area contributed by atoms with Crippen molar-refractivity contribution < 1.29 is 14.7 Å². The molecule has 0 bridgehead atoms. The Morgan fingerprint density at radius 1 is 0.811 bits per heavy atom. The van der Waals surface area contributed by atoms with Crippen molar-refractivity contribution in [1.29, 1.82) is 0 Å². The number of nitrogens with two attached hydrogens (primary N) is 1. The van der Waals surface area contributed by atoms with E-state index in [1.807, 2.05) is 36.4 Å². The van der Waals surface area contributed by atoms with Crippen molar-refractivity contribution in [1.82, 2.24) is 24.8 Å². The van der Waals surface area contributed by atoms with Crippen LogP contribution in [0.15, 0.2) is 110 Å². The molecule has 1 saturated carbocycles. The first-order chi connectivity index (χ1) is 25.0. The second-order valence-electron chi connectivity index (χ2n) is 14.0. The normalized spacial score (nSPS) is 15.0. The van der Waals surface area contributed by atoms with Crippen molar-refractivity contribution in [2.45, 2.75) is 76.0 Å². The van der Waals surface area contributed by atoms with Gasteiger partial charge in [-0.15, -0.1) is 24.8 Å². The summed E-state index contributed by atoms with van der Waals surface area (Å²) in [6.45, 7) is 0. The number of nitrogens with one attached hydrogen (secondary N) is 2. The largest absolute Gasteiger partial charge is 0.383 e. The third-order valence-corrected chi connectivity index (χ3v) is 10.7. The number of amides is 2. The Labute approximate surface area is 322 Å². The van der Waals surface area contributed by atoms with Gasteiger partial charge in [0, 0.05) is 30.9 Å². The van der Waals surface area contributed by atoms with E-state index < -0.39 is 30.0 Å². The van der Waals surface area contributed by atoms with E-state index in [0.717, 1.165) is 58.4 Å². The molecule has 0 radical (unpaired) electrons. The highest BCUT2D eigenvalue weighted by Crippen LogP contribution is 2.36. The average Bonchev–Trinajstić information content (AvgIpc) is 3.90. The predicted octanol–water partition coefficient (Wildman–Crippen LogP) is 7.68. The van der Waals surface area contributed by atoms with Gasteiger partial charge in [-0.25, -0.2) is 9.97 Å². The summed E-state index contributed by atoms with van der Waals surface area (Å²) in [4.78, 5) is 45.9. The number of fused-ring (bicyclic) bond motifs is 2. The number of aromatic nitrogens is 4. The Morgan fingerprint density at radius 2 is 1.42 bits per heavy atom. The van der Waals surface area contributed by atoms with E-state index in [1.165, 1.54) is 6.42 Å². The van der Waals surface area contributed by atoms with E-state index in [4.69, 9.17) is 5.73 Å². The van der Waals surface area contributed by atoms with Crippen LogP contribution in [0.4, 0.5) is 0 Å². The van der Waals surface area contributed by atoms with Gasteiger partial charge >= 0.3 is 0 Å². The zero-order valence-corrected chi connectivity index (χ0v) is 31.3. The number of carbonyl (C=O) groups excluding carboxylic acids is 2. The molecule has 2 heterocycles. The number of aliphatic hydroxyl groups is 1. The Balaban J connectivity index is 0.00000271. The van der Waals surface area contributed by atoms with Gasteiger partial charge in [0.1, 0.15) is 18.0 Å². The Kier molecular flexibility index (Phi) is 13.7. The number of hydrogen-bond acceptors (Lipinski definition) is 5. The quantitative estimate of drug-likeness (QED) is 0.0903. The van der Waals surface area contributed by atoms with Crippen molar-refractivity contribution in [3.05, 3.63) is 132 Å². The summed E-state index contributed by atoms with van der Waals surface area (Å²) < 4.78 is 0. The smallest absolute Gasteiger partial charge is 0.240 e. The van der Waals surface area contributed by atoms with Gasteiger partial charge in [-0.2, -0.15) is 0 Å². The number of primary amides is 1. The molecule has 1 fully saturated rings. The van der Waals surface area contributed by atoms with Crippen LogP contribution in [0, 0.1) is 11.8 Å². The molecule has 1 aliphatic carbocycles. The van der Waals surface area contributed by atoms with Crippen LogP contribution in [0.5, 0.6) is 0 Å². The second kappa shape index (κ2) is 18.4. The van der Waals surface area contributed by atoms with Gasteiger partial charge in [0.05, 0.1) is 18.1 Å². The van der Waals surface area contributed by atoms with E-state index in [9.17, 15) is 9.90 Å². The van der Waals surface area contributed by atoms with Crippen LogP contribution in [-0.2, 0) is 28.9 Å². The molecule has 7 rings (SSSR count). The number of hydrogen-bond donors (Lipinski definition) is 4. The van der Waals surface area contributed by atoms with E-state index in [2.05, 4.69) is 68.5 Å². The van der Waals surface area contributed by atoms with Gasteiger partial charge < -0.3 is 25.7 Å². The third kappa shape index (κ3) is 9.10. The lowest BCUT2D eigenvalue weighted by atomic mass is 9.81. The molecule has 6 aromatic rings. The fraction of sp³-hybridized carbons (Fsp3) is 0.333. The highest BCUT2D eigenvalue weighted by Gasteiger charge is 2.43. The van der Waals surface area contributed by atoms with Crippen molar-refractivity contribution in [2.75, 3.05) is 0 Å². The van der Waals surface area contributed by atoms with Crippen LogP contribution in [0.2, 0.25) is 0 Å². The first-order valence-corrected chi connectivity index (χ1v) is 18.2. The van der Waals surface area contributed by atoms with Crippen LogP contribution in [0.25, 0.3) is 21.5 Å². The first kappa shape index (κ1) is 39.5. The van der Waals surface area contributed by atoms with Gasteiger partial charge in [0.2, 0.25) is 11.8 Å². The molecule has 3 atom stereocenters. The predicted molar refractivity (Wildman–Crippen MR) is 214 cm³/mol. The Morgan fingerprint density at radius 3 is 1.96 bits per heavy atom. The van der Waals surface area contributed by atoms with Gasteiger partial charge in [0.25, 0.3) is 0 Å². The second-order valence-corrected chi connectivity index (χ2v) is 14.0. The molecule has 11 heteroatoms. The molecule has 53 heavy (non-hydrogen) atoms. The molecule has 1 aliphatic rings. The number of H-pyrrole nitrogens is 2. The fourth-order valence-electron chi connectivity index (χ4n) is 8.19. The summed E-state index contributed by atoms with van der Waals surface area (Å²) in [5, 5.41) is 16.5. The van der Waals surface area contributed by atoms with Crippen molar-refractivity contribution >= 4 is 58.2 Å². The number of carbonyl (C=O) groups is 2. The zero-order valence-electron chi connectivity index (χ0n) is 29.6. The van der Waals surface area contributed by atoms with E-state index in [-0.39, 0.29) is 43.1 Å². The fourth-order valence-corrected chi connectivity index (χ4v) is 8.19. The zero-order chi connectivity index (χ0) is 35.2. The summed E-state index contributed by atoms with van der Waals surface area (Å²) in [5.74, 6) is -0.809. The molecule has 2 aromatic heterocycles. The summed E-state index contributed by atoms with van der Waals surface area (Å²) >= 11 is 0. The molecule has 4 aromatic carbocycles. The van der Waals surface area contributed by atoms with Crippen LogP contribution in [0.1, 0.15) is 67.3 Å². The Hall–Kier alpha value is -4.70. The first-order valence-electron chi connectivity index (χ1n) is 18.2. The molecule has 5 N–H and O–H groups in total. The molecular weight excluding hydrogens is 707 g/mol. The van der Waals surface area contributed by atoms with Crippen molar-refractivity contribution in [2.24, 2.45) is 17.6 Å². The van der Waals surface area contributed by atoms with E-state index >= 15 is 4.79 Å². The number of rotatable bonds is 14. The maximum atomic E-state index is 15.7. The molecule has 0 saturated heterocycles. The molecule has 9 nitrogen and oxygen atoms in total. The van der Waals surface area contributed by atoms with Gasteiger partial charge in [-0.3, -0.25) is 9.59 Å². The van der Waals surface area contributed by atoms with E-state index in [1.54, 1.807) is 29.8 Å². The molecule has 278 valence electrons. The monoisotopic (exact) mass is 754 g/mol. The SMILES string of the molecule is Cl.Cl.NC(=O)[C@H](Cc1c[nH]cn1)N(C(=O)C(Cc1cccc2ccccc12)Cc1cccc2ccccc12)[C@@H](CC1CCCCC1)[C@@H](O)c1ncc[nH]1. The minimum atomic E-state index is -1.16. The van der Waals surface area contributed by atoms with Crippen LogP contribution in [-0.4, -0.2) is 53.8 Å². The highest BCUT2D eigenvalue weighted by atomic mass is 35.5. The summed E-state index contributed by atoms with van der Waals surface area (Å²) in [5.41, 5.74) is 8.96. The number of benzene rings is 4. The number of halogens is 2. The van der Waals surface area contributed by atoms with Crippen molar-refractivity contribution in [3.63, 3.8) is 0 Å². The highest BCUT2D eigenvalue weighted by molar-refractivity contribution is 5.91. The van der Waals surface area contributed by atoms with Crippen LogP contribution < -0.4 is 5.73 Å². The summed E-state index contributed by atoms with van der Waals surface area (Å²) in [6.07, 6.45) is 12.2. The molecular formula is C42H48Cl2N6O3. The van der Waals surface area contributed by atoms with Gasteiger partial charge in [-0.05, 0) is 57.9 Å². The standard InChI is InChI=1S/C42H46N6O3.2ClH/c43-40(50)38(25-34-26-44-27-47-34)48(37(22-28-10-2-1-3-11-28)39(49)41-45-20-21-46-41)42(51)33(23-31-16-8-14-29-12-4-6-18-35(29)31)24-32-17-9-15-30-13-5-7-19-36(30)32;;/h4-9,12-21,26-28,33,37-39,49H,1-3,10-11,22-25H2,(H2,43,50)(H,44,47)(H,45,46);2*1H/t37-,38-,39+;;/m0../s1. The topological polar surface area (TPSA) is 141 Å². The summed E-state index contributed by atoms with van der Waals surface area (Å²) in [7, 11) is 0. The van der Waals surface area contributed by atoms with Gasteiger partial charge in [-0.1, -0.05) is 117 Å². The van der Waals surface area contributed by atoms with Crippen LogP contribution >= 0.6 is 24.8 Å². The molecule has 0 spiro atoms. The minimum absolute atomic E-state index is 0. The Bertz CT molecular complexity index is 1970. The molecule has 0 unspecified atom stereocenters. The van der Waals surface area contributed by atoms with Crippen LogP contribution in [0.3, 0.4) is 0 Å².